The van der Waals surface area contributed by atoms with Gasteiger partial charge in [-0.15, -0.1) is 39.5 Å². The third kappa shape index (κ3) is 28.3. The van der Waals surface area contributed by atoms with E-state index in [2.05, 4.69) is 147 Å². The summed E-state index contributed by atoms with van der Waals surface area (Å²) in [5, 5.41) is 9.80. The fourth-order valence-electron chi connectivity index (χ4n) is 6.20. The van der Waals surface area contributed by atoms with Gasteiger partial charge in [-0.25, -0.2) is 9.97 Å². The van der Waals surface area contributed by atoms with E-state index in [0.29, 0.717) is 26.0 Å². The van der Waals surface area contributed by atoms with Gasteiger partial charge in [0.1, 0.15) is 17.9 Å². The number of H-pyrrole nitrogens is 2. The SMILES string of the molecule is C=C.C=C.C=C.CC.CCCC=O.CCCN(C)Cc1ncc(-c2ccc(-c3ccc(-c4cnc([C@@H]5CCCN5C(=O)CCc5cccnc5)[nH]4)cc3)cc2)[nH]1.CN.CNCOC.CO.COC. The van der Waals surface area contributed by atoms with Crippen LogP contribution in [0, 0.1) is 0 Å². The molecule has 14 nitrogen and oxygen atoms in total. The third-order valence-electron chi connectivity index (χ3n) is 8.91. The number of hydrogen-bond acceptors (Lipinski definition) is 11. The number of hydrogen-bond donors (Lipinski definition) is 5. The lowest BCUT2D eigenvalue weighted by atomic mass is 10.0. The number of nitrogens with one attached hydrogen (secondary N) is 3. The number of nitrogens with zero attached hydrogens (tertiary/aromatic N) is 5. The monoisotopic (exact) mass is 944 g/mol. The summed E-state index contributed by atoms with van der Waals surface area (Å²) < 4.78 is 8.83. The van der Waals surface area contributed by atoms with Crippen LogP contribution in [0.2, 0.25) is 0 Å². The predicted octanol–water partition coefficient (Wildman–Crippen LogP) is 10.3. The Morgan fingerprint density at radius 2 is 1.37 bits per heavy atom. The zero-order chi connectivity index (χ0) is 52.5. The lowest BCUT2D eigenvalue weighted by Crippen LogP contribution is -2.31. The Bertz CT molecular complexity index is 1850. The molecule has 1 atom stereocenters. The Balaban J connectivity index is -0.000000694. The van der Waals surface area contributed by atoms with Crippen molar-refractivity contribution >= 4 is 12.2 Å². The number of carbonyl (C=O) groups excluding carboxylic acids is 2. The summed E-state index contributed by atoms with van der Waals surface area (Å²) in [6.45, 7) is 29.5. The molecule has 0 spiro atoms. The molecule has 5 aromatic rings. The zero-order valence-corrected chi connectivity index (χ0v) is 43.7. The molecular weight excluding hydrogens is 855 g/mol. The van der Waals surface area contributed by atoms with Crippen LogP contribution in [0.4, 0.5) is 0 Å². The average Bonchev–Trinajstić information content (AvgIpc) is 4.21. The summed E-state index contributed by atoms with van der Waals surface area (Å²) in [4.78, 5) is 47.1. The molecule has 0 bridgehead atoms. The first-order valence-corrected chi connectivity index (χ1v) is 23.0. The minimum atomic E-state index is -0.00358. The second kappa shape index (κ2) is 49.0. The van der Waals surface area contributed by atoms with Crippen molar-refractivity contribution in [3.8, 4) is 33.6 Å². The number of aryl methyl sites for hydroxylation is 1. The molecular formula is C54H89N9O5. The molecule has 1 fully saturated rings. The van der Waals surface area contributed by atoms with Crippen LogP contribution in [0.15, 0.2) is 125 Å². The number of aromatic nitrogens is 5. The number of aromatic amines is 2. The lowest BCUT2D eigenvalue weighted by molar-refractivity contribution is -0.132. The predicted molar refractivity (Wildman–Crippen MR) is 288 cm³/mol. The Morgan fingerprint density at radius 1 is 0.853 bits per heavy atom. The number of pyridine rings is 1. The highest BCUT2D eigenvalue weighted by atomic mass is 16.5. The maximum atomic E-state index is 13.1. The van der Waals surface area contributed by atoms with Crippen molar-refractivity contribution in [1.29, 1.82) is 0 Å². The van der Waals surface area contributed by atoms with Crippen molar-refractivity contribution in [3.05, 3.63) is 142 Å². The van der Waals surface area contributed by atoms with Crippen molar-refractivity contribution in [2.24, 2.45) is 5.73 Å². The van der Waals surface area contributed by atoms with Gasteiger partial charge in [-0.05, 0) is 93.7 Å². The first-order valence-electron chi connectivity index (χ1n) is 23.0. The second-order valence-electron chi connectivity index (χ2n) is 13.6. The smallest absolute Gasteiger partial charge is 0.223 e. The van der Waals surface area contributed by atoms with Crippen molar-refractivity contribution in [1.82, 2.24) is 40.0 Å². The van der Waals surface area contributed by atoms with Crippen LogP contribution < -0.4 is 11.1 Å². The number of aliphatic hydroxyl groups is 1. The molecule has 4 heterocycles. The van der Waals surface area contributed by atoms with E-state index >= 15 is 0 Å². The molecule has 3 aromatic heterocycles. The fraction of sp³-hybridized carbons (Fsp3) is 0.426. The van der Waals surface area contributed by atoms with Crippen molar-refractivity contribution < 1.29 is 24.2 Å². The minimum Gasteiger partial charge on any atom is -0.400 e. The lowest BCUT2D eigenvalue weighted by Gasteiger charge is -2.23. The number of likely N-dealkylation sites (tertiary alicyclic amines) is 1. The molecule has 68 heavy (non-hydrogen) atoms. The van der Waals surface area contributed by atoms with Gasteiger partial charge in [0, 0.05) is 60.2 Å². The third-order valence-corrected chi connectivity index (χ3v) is 8.91. The first-order chi connectivity index (χ1) is 33.3. The van der Waals surface area contributed by atoms with Crippen LogP contribution in [0.3, 0.4) is 0 Å². The molecule has 6 N–H and O–H groups in total. The van der Waals surface area contributed by atoms with Gasteiger partial charge in [0.25, 0.3) is 0 Å². The van der Waals surface area contributed by atoms with Crippen LogP contribution in [0.1, 0.15) is 89.5 Å². The normalized spacial score (nSPS) is 11.3. The van der Waals surface area contributed by atoms with E-state index < -0.39 is 0 Å². The molecule has 0 aliphatic carbocycles. The number of carbonyl (C=O) groups is 2. The second-order valence-corrected chi connectivity index (χ2v) is 13.6. The van der Waals surface area contributed by atoms with Gasteiger partial charge in [0.05, 0.1) is 43.1 Å². The standard InChI is InChI=1S/C35H39N7O.C4H8O.C3H9NO.C2H6O.C2H6.3C2H4.CH5N.CH4O/c1-3-19-41(2)24-33-37-22-30(39-33)28-13-9-26(10-14-28)27-11-15-29(16-12-27)31-23-38-35(40-31)32-7-5-20-42(32)34(43)17-8-25-6-4-18-36-21-25;1-2-3-4-5;1-4-3-5-2;1-3-2;6*1-2/h4,6,9-16,18,21-23,32H,3,5,7-8,17,19-20,24H2,1-2H3,(H,37,39)(H,38,40);4H,2-3H2,1H3;4H,3H2,1-2H3;1-2H3;1-2H3;3*1-2H2;2H2,1H3;2H,1H3/t32-;;;;;;;;;/m0........./s1. The number of methoxy groups -OCH3 is 2. The highest BCUT2D eigenvalue weighted by Gasteiger charge is 2.31. The van der Waals surface area contributed by atoms with Crippen molar-refractivity contribution in [2.75, 3.05) is 69.4 Å². The minimum absolute atomic E-state index is 0.00358. The van der Waals surface area contributed by atoms with E-state index in [4.69, 9.17) is 10.1 Å². The van der Waals surface area contributed by atoms with Gasteiger partial charge < -0.3 is 40.0 Å². The molecule has 6 rings (SSSR count). The van der Waals surface area contributed by atoms with Crippen molar-refractivity contribution in [3.63, 3.8) is 0 Å². The molecule has 14 heteroatoms. The number of nitrogens with two attached hydrogens (primary N) is 1. The van der Waals surface area contributed by atoms with Gasteiger partial charge in [-0.1, -0.05) is 82.3 Å². The summed E-state index contributed by atoms with van der Waals surface area (Å²) in [5.41, 5.74) is 12.1. The number of ether oxygens (including phenoxy) is 2. The van der Waals surface area contributed by atoms with E-state index in [-0.39, 0.29) is 11.9 Å². The average molecular weight is 944 g/mol. The highest BCUT2D eigenvalue weighted by molar-refractivity contribution is 5.77. The van der Waals surface area contributed by atoms with Crippen LogP contribution in [0.5, 0.6) is 0 Å². The van der Waals surface area contributed by atoms with Gasteiger partial charge in [0.15, 0.2) is 0 Å². The first kappa shape index (κ1) is 68.7. The molecule has 1 aliphatic rings. The molecule has 0 unspecified atom stereocenters. The Labute approximate surface area is 411 Å². The number of benzene rings is 2. The summed E-state index contributed by atoms with van der Waals surface area (Å²) in [7, 11) is 11.4. The van der Waals surface area contributed by atoms with Crippen LogP contribution in [0.25, 0.3) is 33.6 Å². The van der Waals surface area contributed by atoms with Gasteiger partial charge >= 0.3 is 0 Å². The summed E-state index contributed by atoms with van der Waals surface area (Å²) in [5.74, 6) is 2.02. The summed E-state index contributed by atoms with van der Waals surface area (Å²) >= 11 is 0. The Hall–Kier alpha value is -5.87. The number of rotatable bonds is 15. The molecule has 1 amide bonds. The number of imidazole rings is 2. The Morgan fingerprint density at radius 3 is 1.79 bits per heavy atom. The fourth-order valence-corrected chi connectivity index (χ4v) is 6.20. The molecule has 1 saturated heterocycles. The van der Waals surface area contributed by atoms with E-state index in [1.807, 2.05) is 63.4 Å². The van der Waals surface area contributed by atoms with E-state index in [0.717, 1.165) is 110 Å². The van der Waals surface area contributed by atoms with Gasteiger partial charge in [-0.3, -0.25) is 20.0 Å². The largest absolute Gasteiger partial charge is 0.400 e. The zero-order valence-electron chi connectivity index (χ0n) is 43.7. The molecule has 2 aromatic carbocycles. The van der Waals surface area contributed by atoms with Gasteiger partial charge in [0.2, 0.25) is 5.91 Å². The van der Waals surface area contributed by atoms with E-state index in [1.54, 1.807) is 27.5 Å². The van der Waals surface area contributed by atoms with E-state index in [9.17, 15) is 9.59 Å². The summed E-state index contributed by atoms with van der Waals surface area (Å²) in [6, 6.07) is 21.1. The topological polar surface area (TPSA) is 188 Å². The maximum absolute atomic E-state index is 13.1. The Kier molecular flexibility index (Phi) is 49.6. The van der Waals surface area contributed by atoms with Gasteiger partial charge in [-0.2, -0.15) is 0 Å². The van der Waals surface area contributed by atoms with Crippen molar-refractivity contribution in [2.45, 2.75) is 85.2 Å². The summed E-state index contributed by atoms with van der Waals surface area (Å²) in [6.07, 6.45) is 14.2. The molecule has 0 radical (unpaired) electrons. The molecule has 1 aliphatic heterocycles. The highest BCUT2D eigenvalue weighted by Crippen LogP contribution is 2.33. The number of aldehydes is 1. The van der Waals surface area contributed by atoms with Crippen LogP contribution in [-0.4, -0.2) is 121 Å². The van der Waals surface area contributed by atoms with E-state index in [1.165, 1.54) is 7.05 Å². The maximum Gasteiger partial charge on any atom is 0.223 e. The molecule has 380 valence electrons. The number of aliphatic hydroxyl groups excluding tert-OH is 1. The molecule has 0 saturated carbocycles. The number of unbranched alkanes of at least 4 members (excludes halogenated alkanes) is 1. The number of amides is 1. The quantitative estimate of drug-likeness (QED) is 0.0382. The van der Waals surface area contributed by atoms with Crippen LogP contribution >= 0.6 is 0 Å². The van der Waals surface area contributed by atoms with Crippen LogP contribution in [-0.2, 0) is 32.0 Å².